The fourth-order valence-corrected chi connectivity index (χ4v) is 1.58. The molecule has 17 heavy (non-hydrogen) atoms. The maximum atomic E-state index is 12.5. The van der Waals surface area contributed by atoms with Gasteiger partial charge in [-0.15, -0.1) is 0 Å². The summed E-state index contributed by atoms with van der Waals surface area (Å²) in [6.07, 6.45) is -3.20. The minimum absolute atomic E-state index is 0.177. The van der Waals surface area contributed by atoms with Crippen LogP contribution < -0.4 is 0 Å². The van der Waals surface area contributed by atoms with Crippen molar-refractivity contribution in [2.75, 3.05) is 26.4 Å². The van der Waals surface area contributed by atoms with Crippen molar-refractivity contribution in [2.45, 2.75) is 31.3 Å². The largest absolute Gasteiger partial charge is 0.390 e. The molecule has 0 saturated carbocycles. The first kappa shape index (κ1) is 14.7. The molecule has 0 radical (unpaired) electrons. The Morgan fingerprint density at radius 2 is 2.12 bits per heavy atom. The minimum Gasteiger partial charge on any atom is -0.390 e. The Labute approximate surface area is 96.7 Å². The smallest absolute Gasteiger partial charge is 0.330 e. The van der Waals surface area contributed by atoms with Gasteiger partial charge >= 0.3 is 12.3 Å². The molecule has 2 atom stereocenters. The summed E-state index contributed by atoms with van der Waals surface area (Å²) in [7, 11) is 0. The molecular formula is C10H16F4O3. The van der Waals surface area contributed by atoms with Crippen LogP contribution in [0.15, 0.2) is 0 Å². The summed E-state index contributed by atoms with van der Waals surface area (Å²) in [5, 5.41) is 9.57. The monoisotopic (exact) mass is 260 g/mol. The molecule has 1 aliphatic heterocycles. The van der Waals surface area contributed by atoms with E-state index in [2.05, 4.69) is 4.74 Å². The van der Waals surface area contributed by atoms with Crippen LogP contribution in [0.1, 0.15) is 12.8 Å². The highest BCUT2D eigenvalue weighted by Crippen LogP contribution is 2.23. The lowest BCUT2D eigenvalue weighted by molar-refractivity contribution is -0.173. The van der Waals surface area contributed by atoms with E-state index in [1.807, 2.05) is 0 Å². The first-order chi connectivity index (χ1) is 7.93. The van der Waals surface area contributed by atoms with E-state index in [1.165, 1.54) is 0 Å². The van der Waals surface area contributed by atoms with Crippen LogP contribution in [0.5, 0.6) is 0 Å². The average Bonchev–Trinajstić information content (AvgIpc) is 2.29. The predicted octanol–water partition coefficient (Wildman–Crippen LogP) is 1.69. The van der Waals surface area contributed by atoms with Crippen molar-refractivity contribution in [3.05, 3.63) is 0 Å². The number of alkyl halides is 4. The van der Waals surface area contributed by atoms with Gasteiger partial charge in [0.05, 0.1) is 19.3 Å². The summed E-state index contributed by atoms with van der Waals surface area (Å²) in [4.78, 5) is 0. The molecule has 1 saturated heterocycles. The van der Waals surface area contributed by atoms with Crippen LogP contribution >= 0.6 is 0 Å². The highest BCUT2D eigenvalue weighted by Gasteiger charge is 2.41. The van der Waals surface area contributed by atoms with Crippen LogP contribution in [0.25, 0.3) is 0 Å². The van der Waals surface area contributed by atoms with Crippen molar-refractivity contribution in [3.8, 4) is 0 Å². The number of aliphatic hydroxyl groups excluding tert-OH is 1. The molecule has 1 heterocycles. The van der Waals surface area contributed by atoms with Crippen LogP contribution in [-0.4, -0.2) is 50.0 Å². The Morgan fingerprint density at radius 3 is 2.65 bits per heavy atom. The van der Waals surface area contributed by atoms with Gasteiger partial charge < -0.3 is 14.6 Å². The Balaban J connectivity index is 2.21. The summed E-state index contributed by atoms with van der Waals surface area (Å²) < 4.78 is 58.0. The highest BCUT2D eigenvalue weighted by atomic mass is 19.3. The zero-order chi connectivity index (χ0) is 12.9. The first-order valence-corrected chi connectivity index (χ1v) is 5.43. The van der Waals surface area contributed by atoms with E-state index < -0.39 is 25.1 Å². The molecule has 1 fully saturated rings. The lowest BCUT2D eigenvalue weighted by atomic mass is 9.96. The molecule has 0 aromatic heterocycles. The molecule has 0 bridgehead atoms. The van der Waals surface area contributed by atoms with Gasteiger partial charge in [-0.05, 0) is 12.8 Å². The summed E-state index contributed by atoms with van der Waals surface area (Å²) in [6, 6.07) is 0. The van der Waals surface area contributed by atoms with E-state index in [0.29, 0.717) is 13.2 Å². The molecule has 7 heteroatoms. The molecule has 3 nitrogen and oxygen atoms in total. The normalized spacial score (nSPS) is 24.0. The predicted molar refractivity (Wildman–Crippen MR) is 51.3 cm³/mol. The van der Waals surface area contributed by atoms with Crippen LogP contribution in [0.3, 0.4) is 0 Å². The standard InChI is InChI=1S/C10H16F4O3/c11-9(12)10(13,14)6-17-5-8(15)7-2-1-3-16-4-7/h7-9,15H,1-6H2. The van der Waals surface area contributed by atoms with E-state index in [4.69, 9.17) is 4.74 Å². The second-order valence-corrected chi connectivity index (χ2v) is 4.12. The third kappa shape index (κ3) is 4.77. The molecule has 0 aliphatic carbocycles. The van der Waals surface area contributed by atoms with Crippen LogP contribution in [0.2, 0.25) is 0 Å². The second-order valence-electron chi connectivity index (χ2n) is 4.12. The maximum absolute atomic E-state index is 12.5. The molecule has 0 amide bonds. The zero-order valence-corrected chi connectivity index (χ0v) is 9.25. The van der Waals surface area contributed by atoms with Crippen molar-refractivity contribution in [1.82, 2.24) is 0 Å². The van der Waals surface area contributed by atoms with E-state index in [1.54, 1.807) is 0 Å². The number of rotatable bonds is 6. The van der Waals surface area contributed by atoms with Crippen molar-refractivity contribution in [1.29, 1.82) is 0 Å². The highest BCUT2D eigenvalue weighted by molar-refractivity contribution is 4.73. The number of hydrogen-bond donors (Lipinski definition) is 1. The van der Waals surface area contributed by atoms with Gasteiger partial charge in [-0.2, -0.15) is 8.78 Å². The molecule has 0 aromatic carbocycles. The van der Waals surface area contributed by atoms with Gasteiger partial charge in [0.25, 0.3) is 0 Å². The SMILES string of the molecule is OC(COCC(F)(F)C(F)F)C1CCCOC1. The molecule has 1 aliphatic rings. The van der Waals surface area contributed by atoms with Gasteiger partial charge in [0, 0.05) is 12.5 Å². The minimum atomic E-state index is -4.16. The average molecular weight is 260 g/mol. The van der Waals surface area contributed by atoms with Gasteiger partial charge in [-0.25, -0.2) is 8.78 Å². The molecule has 1 N–H and O–H groups in total. The third-order valence-electron chi connectivity index (χ3n) is 2.64. The van der Waals surface area contributed by atoms with Crippen molar-refractivity contribution < 1.29 is 32.1 Å². The molecule has 1 rings (SSSR count). The molecule has 0 spiro atoms. The molecule has 102 valence electrons. The Bertz CT molecular complexity index is 220. The maximum Gasteiger partial charge on any atom is 0.330 e. The topological polar surface area (TPSA) is 38.7 Å². The molecule has 2 unspecified atom stereocenters. The number of aliphatic hydroxyl groups is 1. The Hall–Kier alpha value is -0.400. The van der Waals surface area contributed by atoms with Gasteiger partial charge in [0.15, 0.2) is 0 Å². The quantitative estimate of drug-likeness (QED) is 0.739. The van der Waals surface area contributed by atoms with E-state index >= 15 is 0 Å². The van der Waals surface area contributed by atoms with Crippen LogP contribution in [-0.2, 0) is 9.47 Å². The Kier molecular flexibility index (Phi) is 5.61. The molecular weight excluding hydrogens is 244 g/mol. The van der Waals surface area contributed by atoms with E-state index in [-0.39, 0.29) is 12.5 Å². The number of halogens is 4. The summed E-state index contributed by atoms with van der Waals surface area (Å²) in [6.45, 7) is -0.797. The van der Waals surface area contributed by atoms with Crippen molar-refractivity contribution >= 4 is 0 Å². The number of hydrogen-bond acceptors (Lipinski definition) is 3. The van der Waals surface area contributed by atoms with Crippen molar-refractivity contribution in [2.24, 2.45) is 5.92 Å². The lowest BCUT2D eigenvalue weighted by Gasteiger charge is -2.27. The summed E-state index contributed by atoms with van der Waals surface area (Å²) in [5.41, 5.74) is 0. The summed E-state index contributed by atoms with van der Waals surface area (Å²) in [5.74, 6) is -4.34. The first-order valence-electron chi connectivity index (χ1n) is 5.43. The Morgan fingerprint density at radius 1 is 1.41 bits per heavy atom. The van der Waals surface area contributed by atoms with E-state index in [9.17, 15) is 22.7 Å². The van der Waals surface area contributed by atoms with Crippen molar-refractivity contribution in [3.63, 3.8) is 0 Å². The second kappa shape index (κ2) is 6.51. The van der Waals surface area contributed by atoms with Crippen LogP contribution in [0, 0.1) is 5.92 Å². The number of ether oxygens (including phenoxy) is 2. The van der Waals surface area contributed by atoms with Gasteiger partial charge in [0.2, 0.25) is 0 Å². The van der Waals surface area contributed by atoms with Gasteiger partial charge in [0.1, 0.15) is 6.61 Å². The third-order valence-corrected chi connectivity index (χ3v) is 2.64. The van der Waals surface area contributed by atoms with Gasteiger partial charge in [-0.3, -0.25) is 0 Å². The fraction of sp³-hybridized carbons (Fsp3) is 1.00. The van der Waals surface area contributed by atoms with E-state index in [0.717, 1.165) is 12.8 Å². The fourth-order valence-electron chi connectivity index (χ4n) is 1.58. The molecule has 0 aromatic rings. The van der Waals surface area contributed by atoms with Crippen LogP contribution in [0.4, 0.5) is 17.6 Å². The van der Waals surface area contributed by atoms with Gasteiger partial charge in [-0.1, -0.05) is 0 Å². The summed E-state index contributed by atoms with van der Waals surface area (Å²) >= 11 is 0. The zero-order valence-electron chi connectivity index (χ0n) is 9.25. The lowest BCUT2D eigenvalue weighted by Crippen LogP contribution is -2.36.